The lowest BCUT2D eigenvalue weighted by atomic mass is 9.92. The monoisotopic (exact) mass is 338 g/mol. The topological polar surface area (TPSA) is 67.4 Å². The molecule has 2 amide bonds. The van der Waals surface area contributed by atoms with Gasteiger partial charge in [-0.3, -0.25) is 9.59 Å². The van der Waals surface area contributed by atoms with Crippen molar-refractivity contribution in [2.75, 3.05) is 19.0 Å². The molecule has 1 unspecified atom stereocenters. The molecule has 0 aliphatic carbocycles. The lowest BCUT2D eigenvalue weighted by Gasteiger charge is -2.31. The van der Waals surface area contributed by atoms with Crippen LogP contribution in [0.4, 0.5) is 5.69 Å². The minimum atomic E-state index is -0.599. The average Bonchev–Trinajstić information content (AvgIpc) is 2.95. The van der Waals surface area contributed by atoms with Crippen LogP contribution >= 0.6 is 0 Å². The Kier molecular flexibility index (Phi) is 4.86. The fourth-order valence-corrected chi connectivity index (χ4v) is 3.20. The van der Waals surface area contributed by atoms with Crippen molar-refractivity contribution in [3.05, 3.63) is 65.2 Å². The number of amides is 2. The van der Waals surface area contributed by atoms with E-state index in [1.165, 1.54) is 0 Å². The van der Waals surface area contributed by atoms with Crippen molar-refractivity contribution in [2.24, 2.45) is 0 Å². The molecule has 1 atom stereocenters. The number of carbonyl (C=O) groups excluding carboxylic acids is 2. The van der Waals surface area contributed by atoms with Crippen LogP contribution in [0.15, 0.2) is 48.5 Å². The Hall–Kier alpha value is -2.66. The maximum absolute atomic E-state index is 12.6. The van der Waals surface area contributed by atoms with Gasteiger partial charge in [0.05, 0.1) is 25.0 Å². The lowest BCUT2D eigenvalue weighted by molar-refractivity contribution is -0.123. The van der Waals surface area contributed by atoms with E-state index in [4.69, 9.17) is 4.74 Å². The number of anilines is 1. The van der Waals surface area contributed by atoms with Gasteiger partial charge in [-0.15, -0.1) is 0 Å². The Labute approximate surface area is 147 Å². The van der Waals surface area contributed by atoms with Gasteiger partial charge in [0.25, 0.3) is 0 Å². The van der Waals surface area contributed by atoms with E-state index in [0.29, 0.717) is 13.0 Å². The number of carbonyl (C=O) groups is 2. The highest BCUT2D eigenvalue weighted by molar-refractivity contribution is 5.99. The van der Waals surface area contributed by atoms with Gasteiger partial charge in [0.2, 0.25) is 11.8 Å². The summed E-state index contributed by atoms with van der Waals surface area (Å²) in [6.45, 7) is 2.33. The Morgan fingerprint density at radius 1 is 1.24 bits per heavy atom. The van der Waals surface area contributed by atoms with Crippen molar-refractivity contribution < 1.29 is 14.3 Å². The summed E-state index contributed by atoms with van der Waals surface area (Å²) in [6.07, 6.45) is 0.650. The Balaban J connectivity index is 1.72. The largest absolute Gasteiger partial charge is 0.382 e. The highest BCUT2D eigenvalue weighted by Crippen LogP contribution is 2.25. The van der Waals surface area contributed by atoms with Crippen LogP contribution in [0.3, 0.4) is 0 Å². The summed E-state index contributed by atoms with van der Waals surface area (Å²) in [5.41, 5.74) is 3.04. The molecule has 0 saturated heterocycles. The second-order valence-corrected chi connectivity index (χ2v) is 6.57. The average molecular weight is 338 g/mol. The number of rotatable bonds is 6. The predicted molar refractivity (Wildman–Crippen MR) is 96.3 cm³/mol. The molecule has 0 aromatic heterocycles. The van der Waals surface area contributed by atoms with Crippen molar-refractivity contribution in [3.63, 3.8) is 0 Å². The maximum atomic E-state index is 12.6. The first kappa shape index (κ1) is 17.2. The highest BCUT2D eigenvalue weighted by Gasteiger charge is 2.28. The van der Waals surface area contributed by atoms with Crippen LogP contribution < -0.4 is 10.6 Å². The lowest BCUT2D eigenvalue weighted by Crippen LogP contribution is -2.47. The summed E-state index contributed by atoms with van der Waals surface area (Å²) in [6, 6.07) is 15.5. The van der Waals surface area contributed by atoms with Crippen molar-refractivity contribution in [3.8, 4) is 0 Å². The minimum absolute atomic E-state index is 0.00616. The zero-order valence-corrected chi connectivity index (χ0v) is 14.5. The summed E-state index contributed by atoms with van der Waals surface area (Å²) in [7, 11) is 1.62. The Morgan fingerprint density at radius 2 is 2.00 bits per heavy atom. The third kappa shape index (κ3) is 3.88. The van der Waals surface area contributed by atoms with Gasteiger partial charge >= 0.3 is 0 Å². The molecular formula is C20H22N2O3. The molecule has 1 aliphatic rings. The van der Waals surface area contributed by atoms with Crippen molar-refractivity contribution in [1.29, 1.82) is 0 Å². The van der Waals surface area contributed by atoms with Gasteiger partial charge in [0.1, 0.15) is 0 Å². The number of nitrogens with one attached hydrogen (secondary N) is 2. The highest BCUT2D eigenvalue weighted by atomic mass is 16.5. The summed E-state index contributed by atoms with van der Waals surface area (Å²) < 4.78 is 5.32. The molecule has 0 fully saturated rings. The fraction of sp³-hybridized carbons (Fsp3) is 0.300. The molecule has 130 valence electrons. The van der Waals surface area contributed by atoms with Crippen molar-refractivity contribution in [1.82, 2.24) is 5.32 Å². The minimum Gasteiger partial charge on any atom is -0.382 e. The molecule has 2 aromatic carbocycles. The van der Waals surface area contributed by atoms with E-state index >= 15 is 0 Å². The van der Waals surface area contributed by atoms with Gasteiger partial charge in [0.15, 0.2) is 0 Å². The van der Waals surface area contributed by atoms with Gasteiger partial charge in [-0.2, -0.15) is 0 Å². The zero-order valence-electron chi connectivity index (χ0n) is 14.5. The third-order valence-electron chi connectivity index (χ3n) is 4.42. The molecule has 25 heavy (non-hydrogen) atoms. The van der Waals surface area contributed by atoms with E-state index in [1.807, 2.05) is 55.5 Å². The van der Waals surface area contributed by atoms with Crippen molar-refractivity contribution >= 4 is 17.5 Å². The number of hydrogen-bond donors (Lipinski definition) is 2. The van der Waals surface area contributed by atoms with Crippen LogP contribution in [0, 0.1) is 0 Å². The molecular weight excluding hydrogens is 316 g/mol. The molecule has 1 heterocycles. The molecule has 2 aromatic rings. The van der Waals surface area contributed by atoms with Crippen LogP contribution in [-0.2, 0) is 32.7 Å². The normalized spacial score (nSPS) is 15.2. The summed E-state index contributed by atoms with van der Waals surface area (Å²) in [4.78, 5) is 24.0. The quantitative estimate of drug-likeness (QED) is 0.850. The summed E-state index contributed by atoms with van der Waals surface area (Å²) >= 11 is 0. The summed E-state index contributed by atoms with van der Waals surface area (Å²) in [5.74, 6) is -0.0963. The van der Waals surface area contributed by atoms with Gasteiger partial charge < -0.3 is 15.4 Å². The molecule has 2 N–H and O–H groups in total. The first-order valence-corrected chi connectivity index (χ1v) is 8.27. The van der Waals surface area contributed by atoms with Crippen LogP contribution in [-0.4, -0.2) is 25.5 Å². The van der Waals surface area contributed by atoms with Crippen LogP contribution in [0.5, 0.6) is 0 Å². The first-order chi connectivity index (χ1) is 12.0. The summed E-state index contributed by atoms with van der Waals surface area (Å²) in [5, 5.41) is 5.90. The first-order valence-electron chi connectivity index (χ1n) is 8.27. The SMILES string of the molecule is COCC(C)(NC(=O)Cc1ccc2c(c1)NC(=O)C2)c1ccccc1. The number of methoxy groups -OCH3 is 1. The zero-order chi connectivity index (χ0) is 17.9. The molecule has 1 aliphatic heterocycles. The molecule has 0 radical (unpaired) electrons. The molecule has 0 spiro atoms. The van der Waals surface area contributed by atoms with Crippen LogP contribution in [0.2, 0.25) is 0 Å². The second-order valence-electron chi connectivity index (χ2n) is 6.57. The molecule has 5 nitrogen and oxygen atoms in total. The third-order valence-corrected chi connectivity index (χ3v) is 4.42. The molecule has 0 saturated carbocycles. The van der Waals surface area contributed by atoms with Gasteiger partial charge in [0, 0.05) is 12.8 Å². The number of fused-ring (bicyclic) bond motifs is 1. The molecule has 0 bridgehead atoms. The van der Waals surface area contributed by atoms with E-state index in [-0.39, 0.29) is 18.2 Å². The maximum Gasteiger partial charge on any atom is 0.228 e. The van der Waals surface area contributed by atoms with Gasteiger partial charge in [-0.05, 0) is 29.7 Å². The number of hydrogen-bond acceptors (Lipinski definition) is 3. The van der Waals surface area contributed by atoms with E-state index in [9.17, 15) is 9.59 Å². The van der Waals surface area contributed by atoms with Gasteiger partial charge in [-0.1, -0.05) is 42.5 Å². The Bertz CT molecular complexity index is 789. The second kappa shape index (κ2) is 7.07. The Morgan fingerprint density at radius 3 is 2.72 bits per heavy atom. The van der Waals surface area contributed by atoms with Crippen molar-refractivity contribution in [2.45, 2.75) is 25.3 Å². The molecule has 5 heteroatoms. The number of benzene rings is 2. The van der Waals surface area contributed by atoms with Crippen LogP contribution in [0.1, 0.15) is 23.6 Å². The standard InChI is InChI=1S/C20H22N2O3/c1-20(13-25-2,16-6-4-3-5-7-16)22-19(24)11-14-8-9-15-12-18(23)21-17(15)10-14/h3-10H,11-13H2,1-2H3,(H,21,23)(H,22,24). The van der Waals surface area contributed by atoms with E-state index in [1.54, 1.807) is 7.11 Å². The number of ether oxygens (including phenoxy) is 1. The van der Waals surface area contributed by atoms with Gasteiger partial charge in [-0.25, -0.2) is 0 Å². The smallest absolute Gasteiger partial charge is 0.228 e. The fourth-order valence-electron chi connectivity index (χ4n) is 3.20. The van der Waals surface area contributed by atoms with E-state index in [0.717, 1.165) is 22.4 Å². The van der Waals surface area contributed by atoms with Crippen LogP contribution in [0.25, 0.3) is 0 Å². The van der Waals surface area contributed by atoms with E-state index in [2.05, 4.69) is 10.6 Å². The molecule has 3 rings (SSSR count). The van der Waals surface area contributed by atoms with E-state index < -0.39 is 5.54 Å². The predicted octanol–water partition coefficient (Wildman–Crippen LogP) is 2.40.